The number of thiophene rings is 1. The van der Waals surface area contributed by atoms with Crippen molar-refractivity contribution >= 4 is 27.5 Å². The predicted octanol–water partition coefficient (Wildman–Crippen LogP) is 2.99. The van der Waals surface area contributed by atoms with Crippen molar-refractivity contribution < 1.29 is 4.79 Å². The van der Waals surface area contributed by atoms with Crippen LogP contribution in [0.25, 0.3) is 10.1 Å². The number of carbonyl (C=O) groups is 1. The highest BCUT2D eigenvalue weighted by Crippen LogP contribution is 2.25. The third kappa shape index (κ3) is 4.44. The minimum Gasteiger partial charge on any atom is -0.334 e. The lowest BCUT2D eigenvalue weighted by atomic mass is 10.2. The quantitative estimate of drug-likeness (QED) is 0.922. The van der Waals surface area contributed by atoms with Crippen LogP contribution in [-0.2, 0) is 6.54 Å². The molecule has 1 aromatic heterocycles. The molecule has 21 heavy (non-hydrogen) atoms. The third-order valence-electron chi connectivity index (χ3n) is 3.23. The molecule has 0 unspecified atom stereocenters. The number of benzene rings is 1. The van der Waals surface area contributed by atoms with E-state index in [1.807, 2.05) is 40.2 Å². The normalized spacial score (nSPS) is 12.6. The van der Waals surface area contributed by atoms with Crippen LogP contribution >= 0.6 is 11.3 Å². The van der Waals surface area contributed by atoms with Crippen molar-refractivity contribution in [3.05, 3.63) is 35.2 Å². The third-order valence-corrected chi connectivity index (χ3v) is 4.33. The molecule has 1 atom stereocenters. The number of nitrogens with one attached hydrogen (secondary N) is 1. The van der Waals surface area contributed by atoms with Gasteiger partial charge >= 0.3 is 6.03 Å². The maximum Gasteiger partial charge on any atom is 0.317 e. The number of hydrogen-bond acceptors (Lipinski definition) is 3. The molecule has 2 aromatic rings. The zero-order valence-corrected chi connectivity index (χ0v) is 13.9. The molecule has 1 N–H and O–H groups in total. The van der Waals surface area contributed by atoms with Crippen molar-refractivity contribution in [2.45, 2.75) is 19.5 Å². The van der Waals surface area contributed by atoms with Crippen molar-refractivity contribution in [2.75, 3.05) is 27.7 Å². The average Bonchev–Trinajstić information content (AvgIpc) is 2.79. The Balaban J connectivity index is 1.93. The Morgan fingerprint density at radius 2 is 2.00 bits per heavy atom. The summed E-state index contributed by atoms with van der Waals surface area (Å²) < 4.78 is 1.27. The summed E-state index contributed by atoms with van der Waals surface area (Å²) >= 11 is 1.74. The molecule has 0 aliphatic heterocycles. The summed E-state index contributed by atoms with van der Waals surface area (Å²) in [7, 11) is 5.84. The van der Waals surface area contributed by atoms with Crippen molar-refractivity contribution in [3.8, 4) is 0 Å². The smallest absolute Gasteiger partial charge is 0.317 e. The minimum atomic E-state index is -0.0261. The van der Waals surface area contributed by atoms with Crippen LogP contribution in [0.2, 0.25) is 0 Å². The highest BCUT2D eigenvalue weighted by molar-refractivity contribution is 7.19. The second-order valence-corrected chi connectivity index (χ2v) is 6.89. The predicted molar refractivity (Wildman–Crippen MR) is 89.8 cm³/mol. The Bertz CT molecular complexity index is 575. The second-order valence-electron chi connectivity index (χ2n) is 5.72. The van der Waals surface area contributed by atoms with Gasteiger partial charge in [0, 0.05) is 29.2 Å². The molecule has 1 heterocycles. The zero-order valence-electron chi connectivity index (χ0n) is 13.1. The first-order chi connectivity index (χ1) is 9.95. The summed E-state index contributed by atoms with van der Waals surface area (Å²) in [5, 5.41) is 4.26. The summed E-state index contributed by atoms with van der Waals surface area (Å²) in [5.41, 5.74) is 0. The maximum absolute atomic E-state index is 12.2. The van der Waals surface area contributed by atoms with Crippen LogP contribution in [0.3, 0.4) is 0 Å². The van der Waals surface area contributed by atoms with Crippen molar-refractivity contribution in [1.29, 1.82) is 0 Å². The van der Waals surface area contributed by atoms with E-state index < -0.39 is 0 Å². The number of rotatable bonds is 5. The first kappa shape index (κ1) is 15.8. The lowest BCUT2D eigenvalue weighted by molar-refractivity contribution is 0.201. The Labute approximate surface area is 130 Å². The number of likely N-dealkylation sites (N-methyl/N-ethyl adjacent to an activating group) is 1. The molecule has 5 heteroatoms. The van der Waals surface area contributed by atoms with Gasteiger partial charge in [0.25, 0.3) is 0 Å². The van der Waals surface area contributed by atoms with E-state index in [4.69, 9.17) is 0 Å². The summed E-state index contributed by atoms with van der Waals surface area (Å²) in [6.45, 7) is 3.49. The van der Waals surface area contributed by atoms with Crippen molar-refractivity contribution in [2.24, 2.45) is 0 Å². The van der Waals surface area contributed by atoms with E-state index in [0.717, 1.165) is 6.54 Å². The molecule has 0 radical (unpaired) electrons. The minimum absolute atomic E-state index is 0.0261. The Hall–Kier alpha value is -1.59. The van der Waals surface area contributed by atoms with Gasteiger partial charge in [-0.05, 0) is 38.5 Å². The molecule has 1 aromatic carbocycles. The van der Waals surface area contributed by atoms with Crippen LogP contribution in [0, 0.1) is 0 Å². The highest BCUT2D eigenvalue weighted by atomic mass is 32.1. The molecule has 0 aliphatic rings. The van der Waals surface area contributed by atoms with Gasteiger partial charge in [-0.3, -0.25) is 0 Å². The fourth-order valence-electron chi connectivity index (χ4n) is 2.33. The van der Waals surface area contributed by atoms with E-state index in [1.54, 1.807) is 16.2 Å². The fraction of sp³-hybridized carbons (Fsp3) is 0.438. The van der Waals surface area contributed by atoms with Gasteiger partial charge in [0.15, 0.2) is 0 Å². The summed E-state index contributed by atoms with van der Waals surface area (Å²) in [6.07, 6.45) is 0. The van der Waals surface area contributed by atoms with E-state index >= 15 is 0 Å². The van der Waals surface area contributed by atoms with E-state index in [-0.39, 0.29) is 12.1 Å². The van der Waals surface area contributed by atoms with Gasteiger partial charge in [0.1, 0.15) is 0 Å². The Morgan fingerprint density at radius 1 is 1.29 bits per heavy atom. The van der Waals surface area contributed by atoms with Gasteiger partial charge in [-0.15, -0.1) is 11.3 Å². The number of fused-ring (bicyclic) bond motifs is 1. The average molecular weight is 305 g/mol. The topological polar surface area (TPSA) is 35.6 Å². The van der Waals surface area contributed by atoms with Crippen LogP contribution in [0.1, 0.15) is 11.8 Å². The van der Waals surface area contributed by atoms with E-state index in [2.05, 4.69) is 28.4 Å². The van der Waals surface area contributed by atoms with E-state index in [0.29, 0.717) is 6.54 Å². The molecule has 2 rings (SSSR count). The Morgan fingerprint density at radius 3 is 2.67 bits per heavy atom. The number of hydrogen-bond donors (Lipinski definition) is 1. The van der Waals surface area contributed by atoms with Crippen LogP contribution < -0.4 is 5.32 Å². The first-order valence-corrected chi connectivity index (χ1v) is 7.91. The molecular formula is C16H23N3OS. The van der Waals surface area contributed by atoms with Crippen molar-refractivity contribution in [1.82, 2.24) is 15.1 Å². The van der Waals surface area contributed by atoms with E-state index in [1.165, 1.54) is 15.0 Å². The van der Waals surface area contributed by atoms with Gasteiger partial charge in [-0.2, -0.15) is 0 Å². The summed E-state index contributed by atoms with van der Waals surface area (Å²) in [4.78, 5) is 17.2. The number of amides is 2. The molecule has 2 amide bonds. The number of urea groups is 1. The lowest BCUT2D eigenvalue weighted by Gasteiger charge is -2.22. The summed E-state index contributed by atoms with van der Waals surface area (Å²) in [5.74, 6) is 0. The molecule has 0 fully saturated rings. The molecule has 0 saturated carbocycles. The Kier molecular flexibility index (Phi) is 5.20. The molecular weight excluding hydrogens is 282 g/mol. The van der Waals surface area contributed by atoms with Gasteiger partial charge in [-0.1, -0.05) is 18.2 Å². The largest absolute Gasteiger partial charge is 0.334 e. The summed E-state index contributed by atoms with van der Waals surface area (Å²) in [6, 6.07) is 10.6. The molecule has 0 spiro atoms. The first-order valence-electron chi connectivity index (χ1n) is 7.09. The lowest BCUT2D eigenvalue weighted by Crippen LogP contribution is -2.45. The zero-order chi connectivity index (χ0) is 15.4. The number of nitrogens with zero attached hydrogens (tertiary/aromatic N) is 2. The van der Waals surface area contributed by atoms with Crippen LogP contribution in [0.5, 0.6) is 0 Å². The number of carbonyl (C=O) groups excluding carboxylic acids is 1. The van der Waals surface area contributed by atoms with Gasteiger partial charge < -0.3 is 15.1 Å². The second kappa shape index (κ2) is 6.91. The maximum atomic E-state index is 12.2. The molecule has 0 saturated heterocycles. The van der Waals surface area contributed by atoms with Crippen LogP contribution in [-0.4, -0.2) is 49.6 Å². The molecule has 4 nitrogen and oxygen atoms in total. The standard InChI is InChI=1S/C16H23N3OS/c1-12(10-18(2)3)17-16(20)19(4)11-14-9-13-7-5-6-8-15(13)21-14/h5-9,12H,10-11H2,1-4H3,(H,17,20)/t12-/m1/s1. The highest BCUT2D eigenvalue weighted by Gasteiger charge is 2.13. The van der Waals surface area contributed by atoms with Gasteiger partial charge in [-0.25, -0.2) is 4.79 Å². The fourth-order valence-corrected chi connectivity index (χ4v) is 3.45. The van der Waals surface area contributed by atoms with E-state index in [9.17, 15) is 4.79 Å². The monoisotopic (exact) mass is 305 g/mol. The molecule has 114 valence electrons. The van der Waals surface area contributed by atoms with Crippen molar-refractivity contribution in [3.63, 3.8) is 0 Å². The van der Waals surface area contributed by atoms with Gasteiger partial charge in [0.05, 0.1) is 6.54 Å². The molecule has 0 bridgehead atoms. The van der Waals surface area contributed by atoms with Crippen LogP contribution in [0.15, 0.2) is 30.3 Å². The molecule has 0 aliphatic carbocycles. The van der Waals surface area contributed by atoms with Gasteiger partial charge in [0.2, 0.25) is 0 Å². The van der Waals surface area contributed by atoms with Crippen LogP contribution in [0.4, 0.5) is 4.79 Å². The SMILES string of the molecule is C[C@H](CN(C)C)NC(=O)N(C)Cc1cc2ccccc2s1.